The lowest BCUT2D eigenvalue weighted by Crippen LogP contribution is -2.17. The Kier molecular flexibility index (Phi) is 6.43. The predicted molar refractivity (Wildman–Crippen MR) is 114 cm³/mol. The van der Waals surface area contributed by atoms with E-state index < -0.39 is 0 Å². The van der Waals surface area contributed by atoms with Gasteiger partial charge in [0.2, 0.25) is 0 Å². The van der Waals surface area contributed by atoms with Crippen molar-refractivity contribution in [3.63, 3.8) is 0 Å². The fourth-order valence-corrected chi connectivity index (χ4v) is 4.09. The molecule has 0 aliphatic rings. The Balaban J connectivity index is 1.97. The molecular formula is C19H18ClN3O3S2. The number of halogens is 1. The second kappa shape index (κ2) is 8.81. The number of amides is 1. The van der Waals surface area contributed by atoms with Crippen LogP contribution in [0.25, 0.3) is 10.7 Å². The van der Waals surface area contributed by atoms with Gasteiger partial charge in [0.25, 0.3) is 5.91 Å². The molecule has 0 spiro atoms. The molecule has 0 saturated carbocycles. The highest BCUT2D eigenvalue weighted by Gasteiger charge is 2.21. The number of nitrogens with one attached hydrogen (secondary N) is 1. The Morgan fingerprint density at radius 3 is 2.54 bits per heavy atom. The van der Waals surface area contributed by atoms with Crippen LogP contribution in [0, 0.1) is 6.92 Å². The van der Waals surface area contributed by atoms with Gasteiger partial charge in [-0.05, 0) is 24.6 Å². The number of aromatic nitrogens is 2. The van der Waals surface area contributed by atoms with Crippen LogP contribution in [-0.2, 0) is 0 Å². The summed E-state index contributed by atoms with van der Waals surface area (Å²) in [4.78, 5) is 23.0. The largest absolute Gasteiger partial charge is 0.493 e. The Hall–Kier alpha value is -2.29. The molecule has 0 radical (unpaired) electrons. The maximum Gasteiger partial charge on any atom is 0.260 e. The van der Waals surface area contributed by atoms with Crippen LogP contribution in [0.15, 0.2) is 34.7 Å². The fraction of sp³-hybridized carbons (Fsp3) is 0.211. The Labute approximate surface area is 176 Å². The highest BCUT2D eigenvalue weighted by molar-refractivity contribution is 7.98. The number of ether oxygens (including phenoxy) is 2. The van der Waals surface area contributed by atoms with Crippen LogP contribution in [0.5, 0.6) is 11.5 Å². The summed E-state index contributed by atoms with van der Waals surface area (Å²) in [7, 11) is 3.04. The van der Waals surface area contributed by atoms with Crippen LogP contribution in [0.2, 0.25) is 5.02 Å². The molecule has 1 aromatic carbocycles. The van der Waals surface area contributed by atoms with E-state index in [4.69, 9.17) is 21.1 Å². The van der Waals surface area contributed by atoms with Crippen LogP contribution in [-0.4, -0.2) is 36.4 Å². The molecule has 6 nitrogen and oxygen atoms in total. The van der Waals surface area contributed by atoms with Crippen LogP contribution in [0.1, 0.15) is 16.1 Å². The number of thioether (sulfide) groups is 1. The quantitative estimate of drug-likeness (QED) is 0.426. The zero-order chi connectivity index (χ0) is 20.3. The van der Waals surface area contributed by atoms with Crippen LogP contribution >= 0.6 is 34.7 Å². The van der Waals surface area contributed by atoms with E-state index in [0.717, 1.165) is 4.88 Å². The molecule has 2 aromatic heterocycles. The van der Waals surface area contributed by atoms with Gasteiger partial charge in [0, 0.05) is 12.1 Å². The number of methoxy groups -OCH3 is 2. The number of benzene rings is 1. The predicted octanol–water partition coefficient (Wildman–Crippen LogP) is 5.16. The minimum Gasteiger partial charge on any atom is -0.493 e. The molecule has 3 rings (SSSR count). The van der Waals surface area contributed by atoms with Gasteiger partial charge in [-0.2, -0.15) is 0 Å². The third kappa shape index (κ3) is 4.09. The number of aryl methyl sites for hydroxylation is 1. The van der Waals surface area contributed by atoms with E-state index in [1.807, 2.05) is 23.8 Å². The van der Waals surface area contributed by atoms with Crippen LogP contribution < -0.4 is 14.8 Å². The molecule has 1 N–H and O–H groups in total. The molecule has 1 amide bonds. The molecule has 2 heterocycles. The highest BCUT2D eigenvalue weighted by Crippen LogP contribution is 2.36. The first-order chi connectivity index (χ1) is 13.5. The monoisotopic (exact) mass is 435 g/mol. The first-order valence-electron chi connectivity index (χ1n) is 8.17. The smallest absolute Gasteiger partial charge is 0.260 e. The lowest BCUT2D eigenvalue weighted by atomic mass is 10.2. The van der Waals surface area contributed by atoms with Gasteiger partial charge >= 0.3 is 0 Å². The van der Waals surface area contributed by atoms with E-state index in [2.05, 4.69) is 15.3 Å². The van der Waals surface area contributed by atoms with Gasteiger partial charge in [-0.3, -0.25) is 4.79 Å². The standard InChI is InChI=1S/C19H18ClN3O3S2/c1-10-16(19(27-4)23-17(21-10)15-6-5-7-28-15)18(24)22-12-9-14(26-3)13(25-2)8-11(12)20/h5-9H,1-4H3,(H,22,24). The summed E-state index contributed by atoms with van der Waals surface area (Å²) in [6.45, 7) is 1.80. The third-order valence-corrected chi connectivity index (χ3v) is 5.80. The van der Waals surface area contributed by atoms with Crippen molar-refractivity contribution in [2.45, 2.75) is 11.9 Å². The molecule has 3 aromatic rings. The summed E-state index contributed by atoms with van der Waals surface area (Å²) in [6, 6.07) is 7.10. The van der Waals surface area contributed by atoms with Crippen molar-refractivity contribution in [2.24, 2.45) is 0 Å². The summed E-state index contributed by atoms with van der Waals surface area (Å²) in [6.07, 6.45) is 1.88. The number of carbonyl (C=O) groups is 1. The average molecular weight is 436 g/mol. The Morgan fingerprint density at radius 2 is 1.93 bits per heavy atom. The fourth-order valence-electron chi connectivity index (χ4n) is 2.61. The van der Waals surface area contributed by atoms with Gasteiger partial charge in [0.1, 0.15) is 5.03 Å². The van der Waals surface area contributed by atoms with E-state index in [0.29, 0.717) is 44.3 Å². The van der Waals surface area contributed by atoms with Gasteiger partial charge in [-0.15, -0.1) is 23.1 Å². The van der Waals surface area contributed by atoms with Crippen molar-refractivity contribution >= 4 is 46.3 Å². The molecule has 9 heteroatoms. The zero-order valence-electron chi connectivity index (χ0n) is 15.7. The number of hydrogen-bond acceptors (Lipinski definition) is 7. The number of thiophene rings is 1. The van der Waals surface area contributed by atoms with Crippen molar-refractivity contribution < 1.29 is 14.3 Å². The van der Waals surface area contributed by atoms with E-state index >= 15 is 0 Å². The summed E-state index contributed by atoms with van der Waals surface area (Å²) in [5.41, 5.74) is 1.42. The second-order valence-electron chi connectivity index (χ2n) is 5.64. The van der Waals surface area contributed by atoms with Crippen molar-refractivity contribution in [3.8, 4) is 22.2 Å². The van der Waals surface area contributed by atoms with E-state index in [-0.39, 0.29) is 5.91 Å². The summed E-state index contributed by atoms with van der Waals surface area (Å²) in [5.74, 6) is 1.22. The number of anilines is 1. The SMILES string of the molecule is COc1cc(Cl)c(NC(=O)c2c(C)nc(-c3cccs3)nc2SC)cc1OC. The first kappa shape index (κ1) is 20.4. The summed E-state index contributed by atoms with van der Waals surface area (Å²) >= 11 is 9.23. The molecule has 0 bridgehead atoms. The number of carbonyl (C=O) groups excluding carboxylic acids is 1. The van der Waals surface area contributed by atoms with E-state index in [9.17, 15) is 4.79 Å². The zero-order valence-corrected chi connectivity index (χ0v) is 18.1. The van der Waals surface area contributed by atoms with E-state index in [1.165, 1.54) is 26.0 Å². The molecular weight excluding hydrogens is 418 g/mol. The third-order valence-electron chi connectivity index (χ3n) is 3.94. The minimum atomic E-state index is -0.339. The normalized spacial score (nSPS) is 10.6. The van der Waals surface area contributed by atoms with Gasteiger partial charge in [0.05, 0.1) is 41.1 Å². The Bertz CT molecular complexity index is 1010. The first-order valence-corrected chi connectivity index (χ1v) is 10.7. The molecule has 0 saturated heterocycles. The highest BCUT2D eigenvalue weighted by atomic mass is 35.5. The topological polar surface area (TPSA) is 73.3 Å². The summed E-state index contributed by atoms with van der Waals surface area (Å²) in [5, 5.41) is 5.73. The van der Waals surface area contributed by atoms with Crippen molar-refractivity contribution in [1.29, 1.82) is 0 Å². The van der Waals surface area contributed by atoms with Gasteiger partial charge in [0.15, 0.2) is 17.3 Å². The second-order valence-corrected chi connectivity index (χ2v) is 7.79. The number of nitrogens with zero attached hydrogens (tertiary/aromatic N) is 2. The van der Waals surface area contributed by atoms with Gasteiger partial charge in [-0.1, -0.05) is 17.7 Å². The number of hydrogen-bond donors (Lipinski definition) is 1. The van der Waals surface area contributed by atoms with Crippen LogP contribution in [0.3, 0.4) is 0 Å². The van der Waals surface area contributed by atoms with Gasteiger partial charge < -0.3 is 14.8 Å². The maximum atomic E-state index is 13.0. The van der Waals surface area contributed by atoms with E-state index in [1.54, 1.807) is 30.4 Å². The molecule has 146 valence electrons. The van der Waals surface area contributed by atoms with Crippen molar-refractivity contribution in [2.75, 3.05) is 25.8 Å². The molecule has 0 aliphatic carbocycles. The molecule has 28 heavy (non-hydrogen) atoms. The molecule has 0 fully saturated rings. The summed E-state index contributed by atoms with van der Waals surface area (Å²) < 4.78 is 10.5. The molecule has 0 unspecified atom stereocenters. The van der Waals surface area contributed by atoms with Crippen LogP contribution in [0.4, 0.5) is 5.69 Å². The van der Waals surface area contributed by atoms with Gasteiger partial charge in [-0.25, -0.2) is 9.97 Å². The van der Waals surface area contributed by atoms with Crippen molar-refractivity contribution in [1.82, 2.24) is 9.97 Å². The lowest BCUT2D eigenvalue weighted by Gasteiger charge is -2.14. The minimum absolute atomic E-state index is 0.338. The van der Waals surface area contributed by atoms with Crippen molar-refractivity contribution in [3.05, 3.63) is 45.9 Å². The molecule has 0 atom stereocenters. The lowest BCUT2D eigenvalue weighted by molar-refractivity contribution is 0.102. The average Bonchev–Trinajstić information content (AvgIpc) is 3.23. The number of rotatable bonds is 6. The maximum absolute atomic E-state index is 13.0. The molecule has 0 aliphatic heterocycles. The Morgan fingerprint density at radius 1 is 1.21 bits per heavy atom.